The largest absolute Gasteiger partial charge is 0.369 e. The first-order valence-corrected chi connectivity index (χ1v) is 20.9. The Hall–Kier alpha value is -5.91. The number of hydrogen-bond donors (Lipinski definition) is 11. The molecule has 22 nitrogen and oxygen atoms in total. The molecule has 1 rings (SSSR count). The molecule has 0 spiro atoms. The molecule has 0 aliphatic heterocycles. The fourth-order valence-corrected chi connectivity index (χ4v) is 6.51. The molecule has 1 aromatic rings. The average molecular weight is 882 g/mol. The van der Waals surface area contributed by atoms with Crippen LogP contribution in [0.2, 0.25) is 0 Å². The van der Waals surface area contributed by atoms with Gasteiger partial charge in [0.1, 0.15) is 30.2 Å². The van der Waals surface area contributed by atoms with E-state index < -0.39 is 121 Å². The molecular formula is C36H55N11O11S2. The Kier molecular flexibility index (Phi) is 24.1. The number of primary amides is 3. The smallest absolute Gasteiger partial charge is 0.243 e. The van der Waals surface area contributed by atoms with E-state index in [2.05, 4.69) is 42.5 Å². The molecule has 24 heteroatoms. The summed E-state index contributed by atoms with van der Waals surface area (Å²) in [6.45, 7) is 4.19. The Labute approximate surface area is 355 Å². The van der Waals surface area contributed by atoms with Crippen LogP contribution in [0.5, 0.6) is 0 Å². The first kappa shape index (κ1) is 52.1. The van der Waals surface area contributed by atoms with Gasteiger partial charge in [0.15, 0.2) is 0 Å². The van der Waals surface area contributed by atoms with Gasteiger partial charge in [0.25, 0.3) is 0 Å². The van der Waals surface area contributed by atoms with Gasteiger partial charge in [-0.2, -0.15) is 0 Å². The van der Waals surface area contributed by atoms with Crippen LogP contribution in [-0.2, 0) is 59.2 Å². The third-order valence-corrected chi connectivity index (χ3v) is 10.3. The molecule has 0 unspecified atom stereocenters. The van der Waals surface area contributed by atoms with Crippen LogP contribution in [0.1, 0.15) is 39.7 Å². The summed E-state index contributed by atoms with van der Waals surface area (Å²) < 4.78 is 0. The average Bonchev–Trinajstić information content (AvgIpc) is 3.18. The molecule has 60 heavy (non-hydrogen) atoms. The van der Waals surface area contributed by atoms with E-state index in [1.807, 2.05) is 0 Å². The zero-order valence-electron chi connectivity index (χ0n) is 33.8. The van der Waals surface area contributed by atoms with Gasteiger partial charge in [0, 0.05) is 24.9 Å². The van der Waals surface area contributed by atoms with E-state index in [4.69, 9.17) is 17.2 Å². The van der Waals surface area contributed by atoms with Crippen molar-refractivity contribution in [2.45, 2.75) is 70.7 Å². The Bertz CT molecular complexity index is 1700. The third-order valence-electron chi connectivity index (χ3n) is 8.20. The lowest BCUT2D eigenvalue weighted by molar-refractivity contribution is -0.133. The van der Waals surface area contributed by atoms with E-state index in [-0.39, 0.29) is 29.4 Å². The highest BCUT2D eigenvalue weighted by molar-refractivity contribution is 8.00. The summed E-state index contributed by atoms with van der Waals surface area (Å²) in [5, 5.41) is 19.5. The van der Waals surface area contributed by atoms with Crippen molar-refractivity contribution in [1.29, 1.82) is 0 Å². The maximum absolute atomic E-state index is 13.3. The third kappa shape index (κ3) is 21.7. The van der Waals surface area contributed by atoms with Crippen molar-refractivity contribution >= 4 is 88.5 Å². The molecule has 0 bridgehead atoms. The van der Waals surface area contributed by atoms with Gasteiger partial charge in [-0.1, -0.05) is 50.6 Å². The standard InChI is InChI=1S/C36H55N11O11S2/c1-5-19(2)31(47-30(53)14-41-35(57)25(44-21(4)48)16-60-18-27(38)50)36(58)42-13-29(52)45-23(11-22-9-7-6-8-10-22)34(56)40-12-28(51)43-20(3)33(55)46-24(32(39)54)15-59-17-26(37)49/h6-10,19-20,23-25,31H,5,11-18H2,1-4H3,(H2,37,49)(H2,38,50)(H2,39,54)(H,40,56)(H,41,57)(H,42,58)(H,43,51)(H,44,48)(H,45,52)(H,46,55)(H,47,53)/t19-,20-,23-,24-,25-,31-/m0/s1. The lowest BCUT2D eigenvalue weighted by Gasteiger charge is -2.24. The molecule has 332 valence electrons. The van der Waals surface area contributed by atoms with E-state index in [0.717, 1.165) is 23.5 Å². The van der Waals surface area contributed by atoms with Crippen LogP contribution in [0, 0.1) is 5.92 Å². The van der Waals surface area contributed by atoms with Crippen LogP contribution in [0.15, 0.2) is 30.3 Å². The predicted molar refractivity (Wildman–Crippen MR) is 222 cm³/mol. The summed E-state index contributed by atoms with van der Waals surface area (Å²) in [7, 11) is 0. The van der Waals surface area contributed by atoms with Crippen molar-refractivity contribution in [2.24, 2.45) is 23.1 Å². The molecule has 0 saturated heterocycles. The van der Waals surface area contributed by atoms with Crippen LogP contribution >= 0.6 is 23.5 Å². The van der Waals surface area contributed by atoms with E-state index in [0.29, 0.717) is 12.0 Å². The first-order chi connectivity index (χ1) is 28.2. The maximum Gasteiger partial charge on any atom is 0.243 e. The molecule has 0 heterocycles. The minimum absolute atomic E-state index is 0.00254. The number of hydrogen-bond acceptors (Lipinski definition) is 13. The van der Waals surface area contributed by atoms with Crippen LogP contribution < -0.4 is 59.7 Å². The molecule has 0 aromatic heterocycles. The van der Waals surface area contributed by atoms with E-state index in [1.165, 1.54) is 13.8 Å². The summed E-state index contributed by atoms with van der Waals surface area (Å²) in [4.78, 5) is 136. The number of carbonyl (C=O) groups is 11. The maximum atomic E-state index is 13.3. The molecule has 0 aliphatic rings. The molecule has 0 radical (unpaired) electrons. The van der Waals surface area contributed by atoms with Gasteiger partial charge in [0.2, 0.25) is 65.0 Å². The minimum atomic E-state index is -1.23. The Morgan fingerprint density at radius 1 is 0.583 bits per heavy atom. The highest BCUT2D eigenvalue weighted by atomic mass is 32.2. The molecule has 0 saturated carbocycles. The van der Waals surface area contributed by atoms with Crippen molar-refractivity contribution in [3.63, 3.8) is 0 Å². The minimum Gasteiger partial charge on any atom is -0.369 e. The summed E-state index contributed by atoms with van der Waals surface area (Å²) in [5.41, 5.74) is 16.2. The van der Waals surface area contributed by atoms with Gasteiger partial charge in [-0.3, -0.25) is 52.7 Å². The number of amides is 11. The van der Waals surface area contributed by atoms with E-state index >= 15 is 0 Å². The molecular weight excluding hydrogens is 827 g/mol. The monoisotopic (exact) mass is 881 g/mol. The van der Waals surface area contributed by atoms with Gasteiger partial charge in [-0.05, 0) is 18.4 Å². The summed E-state index contributed by atoms with van der Waals surface area (Å²) in [6.07, 6.45) is 0.416. The van der Waals surface area contributed by atoms with Gasteiger partial charge in [-0.25, -0.2) is 0 Å². The second-order valence-electron chi connectivity index (χ2n) is 13.4. The van der Waals surface area contributed by atoms with Crippen LogP contribution in [0.3, 0.4) is 0 Å². The number of nitrogens with two attached hydrogens (primary N) is 3. The SMILES string of the molecule is CC[C@H](C)[C@H](NC(=O)CNC(=O)[C@H](CSCC(N)=O)NC(C)=O)C(=O)NCC(=O)N[C@@H](Cc1ccccc1)C(=O)NCC(=O)N[C@@H](C)C(=O)N[C@@H](CSCC(N)=O)C(N)=O. The summed E-state index contributed by atoms with van der Waals surface area (Å²) in [5.74, 6) is -8.61. The fourth-order valence-electron chi connectivity index (χ4n) is 4.92. The first-order valence-electron chi connectivity index (χ1n) is 18.6. The second kappa shape index (κ2) is 27.7. The second-order valence-corrected chi connectivity index (χ2v) is 15.4. The van der Waals surface area contributed by atoms with Crippen molar-refractivity contribution in [3.8, 4) is 0 Å². The van der Waals surface area contributed by atoms with Crippen molar-refractivity contribution in [2.75, 3.05) is 42.6 Å². The zero-order chi connectivity index (χ0) is 45.4. The van der Waals surface area contributed by atoms with Gasteiger partial charge in [-0.15, -0.1) is 23.5 Å². The number of rotatable bonds is 28. The highest BCUT2D eigenvalue weighted by Gasteiger charge is 2.29. The number of benzene rings is 1. The molecule has 6 atom stereocenters. The van der Waals surface area contributed by atoms with Crippen LogP contribution in [0.4, 0.5) is 0 Å². The van der Waals surface area contributed by atoms with E-state index in [1.54, 1.807) is 44.2 Å². The van der Waals surface area contributed by atoms with Crippen LogP contribution in [-0.4, -0.2) is 138 Å². The van der Waals surface area contributed by atoms with E-state index in [9.17, 15) is 52.7 Å². The topological polar surface area (TPSA) is 362 Å². The highest BCUT2D eigenvalue weighted by Crippen LogP contribution is 2.09. The number of thioether (sulfide) groups is 2. The molecule has 1 aromatic carbocycles. The van der Waals surface area contributed by atoms with Gasteiger partial charge in [0.05, 0.1) is 31.1 Å². The summed E-state index contributed by atoms with van der Waals surface area (Å²) >= 11 is 1.99. The molecule has 14 N–H and O–H groups in total. The number of carbonyl (C=O) groups excluding carboxylic acids is 11. The fraction of sp³-hybridized carbons (Fsp3) is 0.528. The predicted octanol–water partition coefficient (Wildman–Crippen LogP) is -4.99. The van der Waals surface area contributed by atoms with Crippen molar-refractivity contribution in [3.05, 3.63) is 35.9 Å². The van der Waals surface area contributed by atoms with Crippen LogP contribution in [0.25, 0.3) is 0 Å². The Morgan fingerprint density at radius 3 is 1.57 bits per heavy atom. The quantitative estimate of drug-likeness (QED) is 0.0376. The molecule has 0 aliphatic carbocycles. The lowest BCUT2D eigenvalue weighted by atomic mass is 9.98. The van der Waals surface area contributed by atoms with Gasteiger partial charge >= 0.3 is 0 Å². The van der Waals surface area contributed by atoms with Crippen molar-refractivity contribution < 1.29 is 52.7 Å². The Balaban J connectivity index is 2.86. The summed E-state index contributed by atoms with van der Waals surface area (Å²) in [6, 6.07) is 2.82. The Morgan fingerprint density at radius 2 is 1.07 bits per heavy atom. The lowest BCUT2D eigenvalue weighted by Crippen LogP contribution is -2.56. The van der Waals surface area contributed by atoms with Crippen molar-refractivity contribution in [1.82, 2.24) is 42.5 Å². The normalized spacial score (nSPS) is 13.6. The van der Waals surface area contributed by atoms with Gasteiger partial charge < -0.3 is 59.7 Å². The molecule has 11 amide bonds. The molecule has 0 fully saturated rings. The zero-order valence-corrected chi connectivity index (χ0v) is 35.4. The number of nitrogens with one attached hydrogen (secondary N) is 8.